The standard InChI is InChI=1S/C28H29BrF3N5O4/c29-19-2-8-24-18(15-19)1-10-26(34-24)35-11-13-36(14-12-35)27(17-38)41-22-6-3-20(4-7-22)33-21-5-9-25(37(39)40)23(16-21)28(30,31)32/h1-2,5,8-10,15-17,20,22,27,33H,3-4,6-7,11-14H2. The highest BCUT2D eigenvalue weighted by Gasteiger charge is 2.38. The molecule has 1 saturated heterocycles. The number of nitro benzene ring substituents is 1. The van der Waals surface area contributed by atoms with Crippen molar-refractivity contribution < 1.29 is 27.6 Å². The van der Waals surface area contributed by atoms with Gasteiger partial charge in [-0.15, -0.1) is 0 Å². The second kappa shape index (κ2) is 12.3. The van der Waals surface area contributed by atoms with E-state index in [4.69, 9.17) is 9.72 Å². The Morgan fingerprint density at radius 2 is 1.78 bits per heavy atom. The summed E-state index contributed by atoms with van der Waals surface area (Å²) in [5.74, 6) is 0.893. The van der Waals surface area contributed by atoms with Crippen molar-refractivity contribution in [2.75, 3.05) is 36.4 Å². The summed E-state index contributed by atoms with van der Waals surface area (Å²) in [4.78, 5) is 30.9. The summed E-state index contributed by atoms with van der Waals surface area (Å²) >= 11 is 3.48. The molecule has 2 aromatic carbocycles. The van der Waals surface area contributed by atoms with Gasteiger partial charge < -0.3 is 15.0 Å². The largest absolute Gasteiger partial charge is 0.423 e. The van der Waals surface area contributed by atoms with Crippen molar-refractivity contribution in [2.45, 2.75) is 50.2 Å². The zero-order chi connectivity index (χ0) is 29.1. The van der Waals surface area contributed by atoms with Crippen molar-refractivity contribution >= 4 is 50.3 Å². The maximum absolute atomic E-state index is 13.3. The van der Waals surface area contributed by atoms with E-state index in [2.05, 4.69) is 26.1 Å². The zero-order valence-corrected chi connectivity index (χ0v) is 23.6. The fourth-order valence-corrected chi connectivity index (χ4v) is 5.84. The van der Waals surface area contributed by atoms with Crippen molar-refractivity contribution in [3.63, 3.8) is 0 Å². The lowest BCUT2D eigenvalue weighted by Gasteiger charge is -2.39. The number of ether oxygens (including phenoxy) is 1. The average molecular weight is 636 g/mol. The molecule has 41 heavy (non-hydrogen) atoms. The minimum atomic E-state index is -4.83. The molecule has 2 heterocycles. The number of carbonyl (C=O) groups excluding carboxylic acids is 1. The first-order valence-corrected chi connectivity index (χ1v) is 14.2. The summed E-state index contributed by atoms with van der Waals surface area (Å²) in [6.45, 7) is 2.69. The minimum Gasteiger partial charge on any atom is -0.382 e. The van der Waals surface area contributed by atoms with Gasteiger partial charge >= 0.3 is 6.18 Å². The van der Waals surface area contributed by atoms with E-state index >= 15 is 0 Å². The van der Waals surface area contributed by atoms with Gasteiger partial charge in [-0.2, -0.15) is 13.2 Å². The molecule has 0 radical (unpaired) electrons. The number of piperazine rings is 1. The molecule has 9 nitrogen and oxygen atoms in total. The molecule has 1 unspecified atom stereocenters. The molecule has 1 aliphatic heterocycles. The number of halogens is 4. The summed E-state index contributed by atoms with van der Waals surface area (Å²) in [6.07, 6.45) is -2.29. The number of aromatic nitrogens is 1. The Bertz CT molecular complexity index is 1410. The highest BCUT2D eigenvalue weighted by atomic mass is 79.9. The number of anilines is 2. The van der Waals surface area contributed by atoms with Crippen LogP contribution in [0.2, 0.25) is 0 Å². The van der Waals surface area contributed by atoms with Gasteiger partial charge in [0, 0.05) is 53.8 Å². The Morgan fingerprint density at radius 1 is 1.05 bits per heavy atom. The number of fused-ring (bicyclic) bond motifs is 1. The van der Waals surface area contributed by atoms with Gasteiger partial charge in [-0.3, -0.25) is 19.8 Å². The Labute approximate surface area is 242 Å². The summed E-state index contributed by atoms with van der Waals surface area (Å²) in [7, 11) is 0. The van der Waals surface area contributed by atoms with Crippen LogP contribution in [-0.2, 0) is 15.7 Å². The molecular formula is C28H29BrF3N5O4. The number of nitrogens with one attached hydrogen (secondary N) is 1. The predicted octanol–water partition coefficient (Wildman–Crippen LogP) is 6.01. The molecule has 13 heteroatoms. The normalized spacial score (nSPS) is 21.0. The van der Waals surface area contributed by atoms with E-state index in [0.717, 1.165) is 39.6 Å². The van der Waals surface area contributed by atoms with Crippen LogP contribution < -0.4 is 10.2 Å². The number of alkyl halides is 3. The molecule has 0 bridgehead atoms. The van der Waals surface area contributed by atoms with Gasteiger partial charge in [-0.1, -0.05) is 15.9 Å². The summed E-state index contributed by atoms with van der Waals surface area (Å²) in [5, 5.41) is 15.1. The molecule has 3 aromatic rings. The number of hydrogen-bond acceptors (Lipinski definition) is 8. The van der Waals surface area contributed by atoms with Crippen LogP contribution in [0.5, 0.6) is 0 Å². The third-order valence-electron chi connectivity index (χ3n) is 7.63. The number of benzene rings is 2. The monoisotopic (exact) mass is 635 g/mol. The maximum atomic E-state index is 13.3. The average Bonchev–Trinajstić information content (AvgIpc) is 2.96. The third kappa shape index (κ3) is 6.96. The second-order valence-corrected chi connectivity index (χ2v) is 11.2. The van der Waals surface area contributed by atoms with E-state index in [-0.39, 0.29) is 17.8 Å². The highest BCUT2D eigenvalue weighted by molar-refractivity contribution is 9.10. The molecule has 2 aliphatic rings. The second-order valence-electron chi connectivity index (χ2n) is 10.3. The van der Waals surface area contributed by atoms with Gasteiger partial charge in [0.15, 0.2) is 12.5 Å². The number of rotatable bonds is 8. The van der Waals surface area contributed by atoms with E-state index < -0.39 is 28.6 Å². The number of carbonyl (C=O) groups is 1. The van der Waals surface area contributed by atoms with Gasteiger partial charge in [-0.25, -0.2) is 4.98 Å². The molecule has 1 N–H and O–H groups in total. The van der Waals surface area contributed by atoms with Crippen molar-refractivity contribution in [3.8, 4) is 0 Å². The predicted molar refractivity (Wildman–Crippen MR) is 152 cm³/mol. The van der Waals surface area contributed by atoms with E-state index in [1.807, 2.05) is 35.2 Å². The summed E-state index contributed by atoms with van der Waals surface area (Å²) in [5.41, 5.74) is -1.14. The van der Waals surface area contributed by atoms with Crippen molar-refractivity contribution in [1.82, 2.24) is 9.88 Å². The lowest BCUT2D eigenvalue weighted by Crippen LogP contribution is -2.53. The van der Waals surface area contributed by atoms with Crippen molar-refractivity contribution in [2.24, 2.45) is 0 Å². The molecule has 2 fully saturated rings. The number of pyridine rings is 1. The van der Waals surface area contributed by atoms with E-state index in [9.17, 15) is 28.1 Å². The molecule has 1 aliphatic carbocycles. The summed E-state index contributed by atoms with van der Waals surface area (Å²) < 4.78 is 47.1. The van der Waals surface area contributed by atoms with Crippen LogP contribution in [0.15, 0.2) is 53.0 Å². The maximum Gasteiger partial charge on any atom is 0.423 e. The van der Waals surface area contributed by atoms with Gasteiger partial charge in [0.05, 0.1) is 16.5 Å². The van der Waals surface area contributed by atoms with E-state index in [1.165, 1.54) is 6.07 Å². The van der Waals surface area contributed by atoms with Crippen molar-refractivity contribution in [1.29, 1.82) is 0 Å². The SMILES string of the molecule is O=CC(OC1CCC(Nc2ccc([N+](=O)[O-])c(C(F)(F)F)c2)CC1)N1CCN(c2ccc3cc(Br)ccc3n2)CC1. The Kier molecular flexibility index (Phi) is 8.76. The summed E-state index contributed by atoms with van der Waals surface area (Å²) in [6, 6.07) is 12.9. The van der Waals surface area contributed by atoms with Crippen LogP contribution in [0, 0.1) is 10.1 Å². The molecule has 1 saturated carbocycles. The zero-order valence-electron chi connectivity index (χ0n) is 22.0. The van der Waals surface area contributed by atoms with E-state index in [1.54, 1.807) is 0 Å². The van der Waals surface area contributed by atoms with Crippen molar-refractivity contribution in [3.05, 3.63) is 68.7 Å². The smallest absolute Gasteiger partial charge is 0.382 e. The first kappa shape index (κ1) is 29.2. The lowest BCUT2D eigenvalue weighted by molar-refractivity contribution is -0.388. The number of nitrogens with zero attached hydrogens (tertiary/aromatic N) is 4. The van der Waals surface area contributed by atoms with E-state index in [0.29, 0.717) is 51.9 Å². The number of aldehydes is 1. The minimum absolute atomic E-state index is 0.105. The topological polar surface area (TPSA) is 101 Å². The molecule has 0 spiro atoms. The highest BCUT2D eigenvalue weighted by Crippen LogP contribution is 2.38. The number of hydrogen-bond donors (Lipinski definition) is 1. The van der Waals surface area contributed by atoms with Gasteiger partial charge in [-0.05, 0) is 68.1 Å². The quantitative estimate of drug-likeness (QED) is 0.182. The molecule has 1 aromatic heterocycles. The fraction of sp³-hybridized carbons (Fsp3) is 0.429. The fourth-order valence-electron chi connectivity index (χ4n) is 5.46. The molecule has 0 amide bonds. The first-order valence-electron chi connectivity index (χ1n) is 13.4. The third-order valence-corrected chi connectivity index (χ3v) is 8.12. The van der Waals surface area contributed by atoms with Gasteiger partial charge in [0.25, 0.3) is 5.69 Å². The van der Waals surface area contributed by atoms with Crippen LogP contribution in [0.25, 0.3) is 10.9 Å². The van der Waals surface area contributed by atoms with Crippen LogP contribution >= 0.6 is 15.9 Å². The van der Waals surface area contributed by atoms with Crippen LogP contribution in [-0.4, -0.2) is 65.6 Å². The molecule has 1 atom stereocenters. The van der Waals surface area contributed by atoms with Gasteiger partial charge in [0.2, 0.25) is 0 Å². The Hall–Kier alpha value is -3.29. The van der Waals surface area contributed by atoms with Crippen LogP contribution in [0.1, 0.15) is 31.2 Å². The lowest BCUT2D eigenvalue weighted by atomic mass is 9.92. The van der Waals surface area contributed by atoms with Gasteiger partial charge in [0.1, 0.15) is 11.4 Å². The molecule has 5 rings (SSSR count). The Morgan fingerprint density at radius 3 is 2.44 bits per heavy atom. The molecular weight excluding hydrogens is 607 g/mol. The first-order chi connectivity index (χ1) is 19.6. The number of nitro groups is 1. The Balaban J connectivity index is 1.11. The van der Waals surface area contributed by atoms with Crippen LogP contribution in [0.3, 0.4) is 0 Å². The molecule has 218 valence electrons. The van der Waals surface area contributed by atoms with Crippen LogP contribution in [0.4, 0.5) is 30.4 Å².